The molecule has 2 heterocycles. The van der Waals surface area contributed by atoms with Gasteiger partial charge in [-0.15, -0.1) is 0 Å². The van der Waals surface area contributed by atoms with Gasteiger partial charge in [-0.05, 0) is 75.4 Å². The summed E-state index contributed by atoms with van der Waals surface area (Å²) in [6.07, 6.45) is 11.6. The van der Waals surface area contributed by atoms with Gasteiger partial charge in [-0.3, -0.25) is 9.79 Å². The van der Waals surface area contributed by atoms with Crippen LogP contribution in [0.15, 0.2) is 59.6 Å². The van der Waals surface area contributed by atoms with Crippen LogP contribution in [0.25, 0.3) is 16.8 Å². The van der Waals surface area contributed by atoms with Crippen molar-refractivity contribution in [1.82, 2.24) is 19.9 Å². The second-order valence-corrected chi connectivity index (χ2v) is 9.19. The van der Waals surface area contributed by atoms with Crippen LogP contribution in [0.3, 0.4) is 0 Å². The van der Waals surface area contributed by atoms with Crippen LogP contribution in [0, 0.1) is 12.8 Å². The molecule has 0 atom stereocenters. The van der Waals surface area contributed by atoms with E-state index in [9.17, 15) is 4.79 Å². The summed E-state index contributed by atoms with van der Waals surface area (Å²) in [5.41, 5.74) is 4.08. The molecule has 2 aromatic heterocycles. The Morgan fingerprint density at radius 1 is 1.29 bits per heavy atom. The number of amides is 1. The van der Waals surface area contributed by atoms with Crippen molar-refractivity contribution in [2.45, 2.75) is 45.6 Å². The van der Waals surface area contributed by atoms with Gasteiger partial charge in [-0.25, -0.2) is 0 Å². The minimum Gasteiger partial charge on any atom is -0.437 e. The molecular formula is C27H30N6O2. The van der Waals surface area contributed by atoms with Gasteiger partial charge < -0.3 is 15.4 Å². The van der Waals surface area contributed by atoms with Crippen molar-refractivity contribution in [2.75, 3.05) is 11.9 Å². The summed E-state index contributed by atoms with van der Waals surface area (Å²) in [4.78, 5) is 21.2. The molecular weight excluding hydrogens is 440 g/mol. The maximum atomic E-state index is 12.6. The number of allylic oxidation sites excluding steroid dienone is 2. The van der Waals surface area contributed by atoms with Gasteiger partial charge in [0.2, 0.25) is 5.88 Å². The van der Waals surface area contributed by atoms with Gasteiger partial charge >= 0.3 is 0 Å². The van der Waals surface area contributed by atoms with Gasteiger partial charge in [-0.2, -0.15) is 14.6 Å². The molecule has 5 rings (SSSR count). The van der Waals surface area contributed by atoms with Gasteiger partial charge in [0.15, 0.2) is 5.65 Å². The first kappa shape index (κ1) is 22.8. The molecule has 8 heteroatoms. The van der Waals surface area contributed by atoms with Crippen LogP contribution in [0.4, 0.5) is 5.82 Å². The number of aliphatic imine (C=N–C) groups is 1. The Kier molecular flexibility index (Phi) is 6.35. The molecule has 8 nitrogen and oxygen atoms in total. The van der Waals surface area contributed by atoms with Crippen LogP contribution >= 0.6 is 0 Å². The number of hydrogen-bond donors (Lipinski definition) is 2. The van der Waals surface area contributed by atoms with E-state index in [1.165, 1.54) is 12.8 Å². The van der Waals surface area contributed by atoms with Crippen LogP contribution < -0.4 is 15.4 Å². The van der Waals surface area contributed by atoms with Crippen molar-refractivity contribution < 1.29 is 9.53 Å². The number of fused-ring (bicyclic) bond motifs is 1. The summed E-state index contributed by atoms with van der Waals surface area (Å²) in [5, 5.41) is 11.2. The fourth-order valence-electron chi connectivity index (χ4n) is 3.95. The first-order valence-electron chi connectivity index (χ1n) is 12.1. The summed E-state index contributed by atoms with van der Waals surface area (Å²) < 4.78 is 7.84. The van der Waals surface area contributed by atoms with E-state index in [2.05, 4.69) is 27.4 Å². The molecule has 2 aliphatic rings. The SMILES string of the molecule is C=N/C=C(\C=C/C)Oc1cc(NCC2CC2)n2ncc(-c3ccc(C(=O)NC4CC4)c(C)c3)c2n1. The first-order chi connectivity index (χ1) is 17.1. The summed E-state index contributed by atoms with van der Waals surface area (Å²) in [6.45, 7) is 8.27. The maximum absolute atomic E-state index is 12.6. The minimum atomic E-state index is -0.0177. The van der Waals surface area contributed by atoms with E-state index < -0.39 is 0 Å². The highest BCUT2D eigenvalue weighted by Gasteiger charge is 2.25. The molecule has 3 aromatic rings. The van der Waals surface area contributed by atoms with Crippen molar-refractivity contribution in [1.29, 1.82) is 0 Å². The first-order valence-corrected chi connectivity index (χ1v) is 12.1. The number of nitrogens with zero attached hydrogens (tertiary/aromatic N) is 4. The molecule has 1 aromatic carbocycles. The van der Waals surface area contributed by atoms with E-state index in [1.807, 2.05) is 50.3 Å². The number of aromatic nitrogens is 3. The molecule has 0 radical (unpaired) electrons. The lowest BCUT2D eigenvalue weighted by molar-refractivity contribution is 0.0950. The molecule has 0 spiro atoms. The molecule has 35 heavy (non-hydrogen) atoms. The van der Waals surface area contributed by atoms with Crippen molar-refractivity contribution in [2.24, 2.45) is 10.9 Å². The zero-order valence-electron chi connectivity index (χ0n) is 20.1. The van der Waals surface area contributed by atoms with Crippen molar-refractivity contribution >= 4 is 24.1 Å². The number of carbonyl (C=O) groups excluding carboxylic acids is 1. The number of anilines is 1. The highest BCUT2D eigenvalue weighted by atomic mass is 16.5. The van der Waals surface area contributed by atoms with E-state index in [0.717, 1.165) is 41.9 Å². The quantitative estimate of drug-likeness (QED) is 0.249. The number of nitrogens with one attached hydrogen (secondary N) is 2. The Morgan fingerprint density at radius 3 is 2.80 bits per heavy atom. The number of hydrogen-bond acceptors (Lipinski definition) is 6. The standard InChI is InChI=1S/C27H30N6O2/c1-4-5-21(15-28-3)35-25-13-24(29-14-18-6-7-18)33-26(32-25)23(16-30-33)19-8-11-22(17(2)12-19)27(34)31-20-9-10-20/h4-5,8,11-13,15-16,18,20,29H,3,6-7,9-10,14H2,1-2H3,(H,31,34)/b5-4-,21-15+. The smallest absolute Gasteiger partial charge is 0.251 e. The Hall–Kier alpha value is -3.94. The second-order valence-electron chi connectivity index (χ2n) is 9.19. The third kappa shape index (κ3) is 5.26. The topological polar surface area (TPSA) is 92.9 Å². The average molecular weight is 471 g/mol. The van der Waals surface area contributed by atoms with Gasteiger partial charge in [0.05, 0.1) is 12.4 Å². The van der Waals surface area contributed by atoms with E-state index >= 15 is 0 Å². The number of aryl methyl sites for hydroxylation is 1. The van der Waals surface area contributed by atoms with Crippen LogP contribution in [0.1, 0.15) is 48.5 Å². The lowest BCUT2D eigenvalue weighted by atomic mass is 10.0. The molecule has 2 aliphatic carbocycles. The largest absolute Gasteiger partial charge is 0.437 e. The monoisotopic (exact) mass is 470 g/mol. The van der Waals surface area contributed by atoms with Crippen LogP contribution in [0.5, 0.6) is 5.88 Å². The molecule has 0 saturated heterocycles. The third-order valence-electron chi connectivity index (χ3n) is 6.18. The number of rotatable bonds is 10. The molecule has 2 saturated carbocycles. The summed E-state index contributed by atoms with van der Waals surface area (Å²) in [5.74, 6) is 2.46. The zero-order chi connectivity index (χ0) is 24.4. The van der Waals surface area contributed by atoms with Crippen LogP contribution in [-0.2, 0) is 0 Å². The highest BCUT2D eigenvalue weighted by molar-refractivity contribution is 5.97. The normalized spacial score (nSPS) is 16.0. The van der Waals surface area contributed by atoms with E-state index in [0.29, 0.717) is 34.8 Å². The number of carbonyl (C=O) groups is 1. The predicted octanol–water partition coefficient (Wildman–Crippen LogP) is 4.92. The summed E-state index contributed by atoms with van der Waals surface area (Å²) in [7, 11) is 0. The number of ether oxygens (including phenoxy) is 1. The molecule has 2 N–H and O–H groups in total. The molecule has 2 fully saturated rings. The molecule has 1 amide bonds. The second kappa shape index (κ2) is 9.74. The average Bonchev–Trinajstić information content (AvgIpc) is 3.77. The van der Waals surface area contributed by atoms with Crippen molar-refractivity contribution in [3.05, 3.63) is 65.7 Å². The lowest BCUT2D eigenvalue weighted by Gasteiger charge is -2.12. The molecule has 0 unspecified atom stereocenters. The summed E-state index contributed by atoms with van der Waals surface area (Å²) in [6, 6.07) is 8.01. The lowest BCUT2D eigenvalue weighted by Crippen LogP contribution is -2.26. The maximum Gasteiger partial charge on any atom is 0.251 e. The Bertz CT molecular complexity index is 1330. The molecule has 180 valence electrons. The fraction of sp³-hybridized carbons (Fsp3) is 0.333. The van der Waals surface area contributed by atoms with E-state index in [1.54, 1.807) is 16.9 Å². The van der Waals surface area contributed by atoms with E-state index in [4.69, 9.17) is 9.72 Å². The van der Waals surface area contributed by atoms with Crippen LogP contribution in [0.2, 0.25) is 0 Å². The molecule has 0 aliphatic heterocycles. The Labute approximate surface area is 204 Å². The third-order valence-corrected chi connectivity index (χ3v) is 6.18. The Balaban J connectivity index is 1.52. The van der Waals surface area contributed by atoms with Gasteiger partial charge in [0, 0.05) is 29.8 Å². The van der Waals surface area contributed by atoms with E-state index in [-0.39, 0.29) is 5.91 Å². The fourth-order valence-corrected chi connectivity index (χ4v) is 3.95. The zero-order valence-corrected chi connectivity index (χ0v) is 20.1. The van der Waals surface area contributed by atoms with Crippen LogP contribution in [-0.4, -0.2) is 39.8 Å². The van der Waals surface area contributed by atoms with Crippen molar-refractivity contribution in [3.8, 4) is 17.0 Å². The predicted molar refractivity (Wildman–Crippen MR) is 138 cm³/mol. The van der Waals surface area contributed by atoms with Crippen molar-refractivity contribution in [3.63, 3.8) is 0 Å². The minimum absolute atomic E-state index is 0.0177. The van der Waals surface area contributed by atoms with Gasteiger partial charge in [-0.1, -0.05) is 18.2 Å². The van der Waals surface area contributed by atoms with Gasteiger partial charge in [0.1, 0.15) is 11.6 Å². The highest BCUT2D eigenvalue weighted by Crippen LogP contribution is 2.32. The van der Waals surface area contributed by atoms with Gasteiger partial charge in [0.25, 0.3) is 5.91 Å². The molecule has 0 bridgehead atoms. The number of benzene rings is 1. The summed E-state index contributed by atoms with van der Waals surface area (Å²) >= 11 is 0. The Morgan fingerprint density at radius 2 is 2.11 bits per heavy atom.